The number of aromatic nitrogens is 5. The molecule has 9 heteroatoms. The molecular formula is C19H24FN7O. The lowest BCUT2D eigenvalue weighted by Gasteiger charge is -2.32. The minimum atomic E-state index is -1.29. The number of pyridine rings is 1. The normalized spacial score (nSPS) is 20.1. The second-order valence-electron chi connectivity index (χ2n) is 7.37. The average Bonchev–Trinajstić information content (AvgIpc) is 2.99. The molecule has 2 unspecified atom stereocenters. The maximum absolute atomic E-state index is 13.8. The number of alkyl halides is 1. The minimum Gasteiger partial charge on any atom is -0.390 e. The molecule has 4 rings (SSSR count). The van der Waals surface area contributed by atoms with Crippen molar-refractivity contribution in [2.45, 2.75) is 45.5 Å². The fourth-order valence-corrected chi connectivity index (χ4v) is 3.62. The first-order valence-electron chi connectivity index (χ1n) is 9.44. The summed E-state index contributed by atoms with van der Waals surface area (Å²) in [5, 5.41) is 12.8. The van der Waals surface area contributed by atoms with Crippen molar-refractivity contribution in [1.29, 1.82) is 0 Å². The number of aliphatic hydroxyl groups excluding tert-OH is 1. The van der Waals surface area contributed by atoms with Crippen LogP contribution in [-0.4, -0.2) is 55.0 Å². The maximum Gasteiger partial charge on any atom is 0.227 e. The van der Waals surface area contributed by atoms with Gasteiger partial charge in [0.1, 0.15) is 29.1 Å². The van der Waals surface area contributed by atoms with E-state index in [9.17, 15) is 9.50 Å². The molecule has 28 heavy (non-hydrogen) atoms. The number of hydrogen-bond donors (Lipinski definition) is 2. The Morgan fingerprint density at radius 2 is 2.07 bits per heavy atom. The molecule has 8 nitrogen and oxygen atoms in total. The van der Waals surface area contributed by atoms with E-state index in [2.05, 4.69) is 43.7 Å². The molecule has 3 aromatic heterocycles. The second-order valence-corrected chi connectivity index (χ2v) is 7.37. The Morgan fingerprint density at radius 3 is 2.82 bits per heavy atom. The first-order chi connectivity index (χ1) is 13.4. The first kappa shape index (κ1) is 18.5. The highest BCUT2D eigenvalue weighted by Crippen LogP contribution is 2.24. The molecule has 1 aliphatic rings. The molecule has 1 fully saturated rings. The third kappa shape index (κ3) is 3.49. The van der Waals surface area contributed by atoms with Gasteiger partial charge < -0.3 is 19.9 Å². The molecule has 0 aromatic carbocycles. The Bertz CT molecular complexity index is 990. The van der Waals surface area contributed by atoms with Gasteiger partial charge in [0.05, 0.1) is 24.4 Å². The van der Waals surface area contributed by atoms with Crippen LogP contribution in [0.15, 0.2) is 24.5 Å². The molecule has 1 aliphatic heterocycles. The number of fused-ring (bicyclic) bond motifs is 1. The van der Waals surface area contributed by atoms with E-state index in [1.54, 1.807) is 23.4 Å². The lowest BCUT2D eigenvalue weighted by molar-refractivity contribution is 0.0612. The van der Waals surface area contributed by atoms with E-state index < -0.39 is 12.3 Å². The largest absolute Gasteiger partial charge is 0.390 e. The Hall–Kier alpha value is -2.81. The first-order valence-corrected chi connectivity index (χ1v) is 9.44. The average molecular weight is 385 g/mol. The van der Waals surface area contributed by atoms with Crippen LogP contribution < -0.4 is 10.2 Å². The molecule has 0 amide bonds. The van der Waals surface area contributed by atoms with Crippen LogP contribution in [0.2, 0.25) is 0 Å². The van der Waals surface area contributed by atoms with Crippen molar-refractivity contribution in [3.8, 4) is 0 Å². The zero-order chi connectivity index (χ0) is 19.8. The zero-order valence-electron chi connectivity index (χ0n) is 16.2. The Kier molecular flexibility index (Phi) is 4.84. The fourth-order valence-electron chi connectivity index (χ4n) is 3.62. The van der Waals surface area contributed by atoms with Crippen LogP contribution in [0.25, 0.3) is 11.0 Å². The molecule has 0 saturated carbocycles. The molecular weight excluding hydrogens is 361 g/mol. The number of aliphatic hydroxyl groups is 1. The summed E-state index contributed by atoms with van der Waals surface area (Å²) in [6.45, 7) is 6.82. The van der Waals surface area contributed by atoms with Gasteiger partial charge in [-0.25, -0.2) is 19.3 Å². The summed E-state index contributed by atoms with van der Waals surface area (Å²) in [6.07, 6.45) is 1.52. The van der Waals surface area contributed by atoms with Crippen LogP contribution >= 0.6 is 0 Å². The quantitative estimate of drug-likeness (QED) is 0.713. The van der Waals surface area contributed by atoms with Crippen LogP contribution in [-0.2, 0) is 0 Å². The number of anilines is 3. The molecule has 2 atom stereocenters. The van der Waals surface area contributed by atoms with E-state index in [4.69, 9.17) is 0 Å². The SMILES string of the molecule is Cc1nc2cnc(Nc3ccnc(N4CCC(O)C(F)C4)n3)cc2n1C(C)C. The van der Waals surface area contributed by atoms with Crippen molar-refractivity contribution >= 4 is 28.6 Å². The highest BCUT2D eigenvalue weighted by molar-refractivity contribution is 5.79. The number of hydrogen-bond acceptors (Lipinski definition) is 7. The van der Waals surface area contributed by atoms with Crippen LogP contribution in [0.4, 0.5) is 22.0 Å². The summed E-state index contributed by atoms with van der Waals surface area (Å²) in [7, 11) is 0. The van der Waals surface area contributed by atoms with Crippen molar-refractivity contribution in [3.05, 3.63) is 30.4 Å². The zero-order valence-corrected chi connectivity index (χ0v) is 16.2. The van der Waals surface area contributed by atoms with Crippen molar-refractivity contribution in [1.82, 2.24) is 24.5 Å². The predicted molar refractivity (Wildman–Crippen MR) is 106 cm³/mol. The smallest absolute Gasteiger partial charge is 0.227 e. The molecule has 3 aromatic rings. The van der Waals surface area contributed by atoms with E-state index in [0.29, 0.717) is 30.5 Å². The second kappa shape index (κ2) is 7.31. The third-order valence-corrected chi connectivity index (χ3v) is 4.96. The van der Waals surface area contributed by atoms with E-state index in [1.165, 1.54) is 0 Å². The summed E-state index contributed by atoms with van der Waals surface area (Å²) in [5.41, 5.74) is 1.85. The standard InChI is InChI=1S/C19H24FN7O/c1-11(2)27-12(3)23-14-9-22-18(8-15(14)27)24-17-4-6-21-19(25-17)26-7-5-16(28)13(20)10-26/h4,6,8-9,11,13,16,28H,5,7,10H2,1-3H3,(H,21,22,24,25). The molecule has 4 heterocycles. The number of halogens is 1. The van der Waals surface area contributed by atoms with Gasteiger partial charge in [-0.15, -0.1) is 0 Å². The number of nitrogens with zero attached hydrogens (tertiary/aromatic N) is 6. The minimum absolute atomic E-state index is 0.0850. The van der Waals surface area contributed by atoms with Crippen LogP contribution in [0.5, 0.6) is 0 Å². The predicted octanol–water partition coefficient (Wildman–Crippen LogP) is 2.76. The van der Waals surface area contributed by atoms with E-state index in [-0.39, 0.29) is 12.6 Å². The molecule has 2 N–H and O–H groups in total. The molecule has 0 radical (unpaired) electrons. The Morgan fingerprint density at radius 1 is 1.25 bits per heavy atom. The van der Waals surface area contributed by atoms with Gasteiger partial charge in [0.2, 0.25) is 5.95 Å². The highest BCUT2D eigenvalue weighted by Gasteiger charge is 2.28. The number of aryl methyl sites for hydroxylation is 1. The van der Waals surface area contributed by atoms with Gasteiger partial charge in [0.15, 0.2) is 0 Å². The van der Waals surface area contributed by atoms with E-state index in [0.717, 1.165) is 16.9 Å². The highest BCUT2D eigenvalue weighted by atomic mass is 19.1. The third-order valence-electron chi connectivity index (χ3n) is 4.96. The lowest BCUT2D eigenvalue weighted by Crippen LogP contribution is -2.45. The fraction of sp³-hybridized carbons (Fsp3) is 0.474. The van der Waals surface area contributed by atoms with Crippen molar-refractivity contribution < 1.29 is 9.50 Å². The van der Waals surface area contributed by atoms with Crippen LogP contribution in [0.1, 0.15) is 32.1 Å². The number of nitrogens with one attached hydrogen (secondary N) is 1. The van der Waals surface area contributed by atoms with Gasteiger partial charge in [-0.3, -0.25) is 0 Å². The van der Waals surface area contributed by atoms with Gasteiger partial charge >= 0.3 is 0 Å². The van der Waals surface area contributed by atoms with E-state index >= 15 is 0 Å². The number of piperidine rings is 1. The monoisotopic (exact) mass is 385 g/mol. The van der Waals surface area contributed by atoms with Gasteiger partial charge in [0, 0.05) is 24.8 Å². The Labute approximate surface area is 162 Å². The Balaban J connectivity index is 1.58. The summed E-state index contributed by atoms with van der Waals surface area (Å²) >= 11 is 0. The lowest BCUT2D eigenvalue weighted by atomic mass is 10.1. The maximum atomic E-state index is 13.8. The summed E-state index contributed by atoms with van der Waals surface area (Å²) in [5.74, 6) is 2.60. The summed E-state index contributed by atoms with van der Waals surface area (Å²) in [6, 6.07) is 3.98. The number of imidazole rings is 1. The van der Waals surface area contributed by atoms with E-state index in [1.807, 2.05) is 13.0 Å². The van der Waals surface area contributed by atoms with Crippen molar-refractivity contribution in [2.24, 2.45) is 0 Å². The van der Waals surface area contributed by atoms with Gasteiger partial charge in [-0.05, 0) is 33.3 Å². The molecule has 0 aliphatic carbocycles. The molecule has 0 bridgehead atoms. The summed E-state index contributed by atoms with van der Waals surface area (Å²) in [4.78, 5) is 19.5. The van der Waals surface area contributed by atoms with Crippen LogP contribution in [0, 0.1) is 6.92 Å². The topological polar surface area (TPSA) is 92.0 Å². The van der Waals surface area contributed by atoms with Gasteiger partial charge in [0.25, 0.3) is 0 Å². The summed E-state index contributed by atoms with van der Waals surface area (Å²) < 4.78 is 16.0. The molecule has 1 saturated heterocycles. The number of rotatable bonds is 4. The van der Waals surface area contributed by atoms with Gasteiger partial charge in [-0.1, -0.05) is 0 Å². The van der Waals surface area contributed by atoms with Crippen molar-refractivity contribution in [3.63, 3.8) is 0 Å². The van der Waals surface area contributed by atoms with Gasteiger partial charge in [-0.2, -0.15) is 4.98 Å². The molecule has 0 spiro atoms. The van der Waals surface area contributed by atoms with Crippen LogP contribution in [0.3, 0.4) is 0 Å². The molecule has 148 valence electrons. The van der Waals surface area contributed by atoms with Crippen molar-refractivity contribution in [2.75, 3.05) is 23.3 Å².